The number of rotatable bonds is 6. The van der Waals surface area contributed by atoms with Gasteiger partial charge in [-0.15, -0.1) is 0 Å². The number of carbonyl (C=O) groups is 2. The minimum Gasteiger partial charge on any atom is -0.493 e. The van der Waals surface area contributed by atoms with Gasteiger partial charge in [-0.05, 0) is 23.8 Å². The van der Waals surface area contributed by atoms with E-state index in [9.17, 15) is 9.59 Å². The number of methoxy groups -OCH3 is 1. The fourth-order valence-corrected chi connectivity index (χ4v) is 3.02. The Kier molecular flexibility index (Phi) is 6.34. The lowest BCUT2D eigenvalue weighted by Gasteiger charge is -2.25. The molecule has 1 aliphatic rings. The molecule has 1 aliphatic heterocycles. The Bertz CT molecular complexity index is 598. The maximum absolute atomic E-state index is 12.1. The Morgan fingerprint density at radius 1 is 1.30 bits per heavy atom. The van der Waals surface area contributed by atoms with Crippen molar-refractivity contribution in [3.05, 3.63) is 29.8 Å². The van der Waals surface area contributed by atoms with E-state index in [1.54, 1.807) is 30.4 Å². The molecule has 124 valence electrons. The van der Waals surface area contributed by atoms with Crippen molar-refractivity contribution in [3.8, 4) is 11.5 Å². The van der Waals surface area contributed by atoms with Gasteiger partial charge < -0.3 is 20.1 Å². The standard InChI is InChI=1S/C16H20N2O4S/c1-21-14-10-12(2-4-13(14)22-11-15(17)19)3-5-16(20)18-6-8-23-9-7-18/h2-5,10H,6-9,11H2,1H3,(H2,17,19). The van der Waals surface area contributed by atoms with Gasteiger partial charge in [0.25, 0.3) is 5.91 Å². The molecular weight excluding hydrogens is 316 g/mol. The minimum absolute atomic E-state index is 0.0123. The summed E-state index contributed by atoms with van der Waals surface area (Å²) in [7, 11) is 1.51. The van der Waals surface area contributed by atoms with E-state index < -0.39 is 5.91 Å². The lowest BCUT2D eigenvalue weighted by atomic mass is 10.2. The zero-order valence-corrected chi connectivity index (χ0v) is 13.8. The molecule has 1 aromatic carbocycles. The molecule has 23 heavy (non-hydrogen) atoms. The normalized spacial score (nSPS) is 14.7. The average Bonchev–Trinajstić information content (AvgIpc) is 2.58. The summed E-state index contributed by atoms with van der Waals surface area (Å²) >= 11 is 1.86. The van der Waals surface area contributed by atoms with Crippen molar-refractivity contribution in [2.75, 3.05) is 38.3 Å². The second-order valence-corrected chi connectivity index (χ2v) is 6.16. The molecule has 0 aromatic heterocycles. The predicted octanol–water partition coefficient (Wildman–Crippen LogP) is 1.15. The Balaban J connectivity index is 2.03. The fourth-order valence-electron chi connectivity index (χ4n) is 2.11. The first-order valence-electron chi connectivity index (χ1n) is 7.24. The summed E-state index contributed by atoms with van der Waals surface area (Å²) in [4.78, 5) is 24.7. The molecule has 1 aromatic rings. The number of primary amides is 1. The van der Waals surface area contributed by atoms with Crippen molar-refractivity contribution in [2.24, 2.45) is 5.73 Å². The van der Waals surface area contributed by atoms with Crippen molar-refractivity contribution in [1.29, 1.82) is 0 Å². The zero-order chi connectivity index (χ0) is 16.7. The number of nitrogens with two attached hydrogens (primary N) is 1. The fraction of sp³-hybridized carbons (Fsp3) is 0.375. The highest BCUT2D eigenvalue weighted by Crippen LogP contribution is 2.28. The largest absolute Gasteiger partial charge is 0.493 e. The third-order valence-corrected chi connectivity index (χ3v) is 4.24. The van der Waals surface area contributed by atoms with E-state index in [-0.39, 0.29) is 12.5 Å². The van der Waals surface area contributed by atoms with E-state index in [1.165, 1.54) is 7.11 Å². The van der Waals surface area contributed by atoms with E-state index >= 15 is 0 Å². The summed E-state index contributed by atoms with van der Waals surface area (Å²) in [5, 5.41) is 0. The topological polar surface area (TPSA) is 81.9 Å². The molecule has 0 saturated carbocycles. The van der Waals surface area contributed by atoms with Crippen LogP contribution in [0, 0.1) is 0 Å². The molecule has 0 spiro atoms. The number of nitrogens with zero attached hydrogens (tertiary/aromatic N) is 1. The van der Waals surface area contributed by atoms with Crippen LogP contribution in [0.1, 0.15) is 5.56 Å². The number of thioether (sulfide) groups is 1. The van der Waals surface area contributed by atoms with Crippen LogP contribution in [-0.4, -0.2) is 55.0 Å². The minimum atomic E-state index is -0.554. The Morgan fingerprint density at radius 3 is 2.70 bits per heavy atom. The monoisotopic (exact) mass is 336 g/mol. The number of ether oxygens (including phenoxy) is 2. The van der Waals surface area contributed by atoms with Crippen LogP contribution in [0.2, 0.25) is 0 Å². The van der Waals surface area contributed by atoms with Crippen molar-refractivity contribution >= 4 is 29.7 Å². The summed E-state index contributed by atoms with van der Waals surface area (Å²) < 4.78 is 10.5. The van der Waals surface area contributed by atoms with Crippen LogP contribution in [0.5, 0.6) is 11.5 Å². The van der Waals surface area contributed by atoms with Gasteiger partial charge in [0.2, 0.25) is 5.91 Å². The van der Waals surface area contributed by atoms with Crippen LogP contribution in [0.3, 0.4) is 0 Å². The highest BCUT2D eigenvalue weighted by Gasteiger charge is 2.14. The lowest BCUT2D eigenvalue weighted by molar-refractivity contribution is -0.125. The van der Waals surface area contributed by atoms with E-state index in [0.29, 0.717) is 11.5 Å². The Labute approximate surface area is 139 Å². The number of carbonyl (C=O) groups excluding carboxylic acids is 2. The molecule has 7 heteroatoms. The molecule has 2 rings (SSSR count). The van der Waals surface area contributed by atoms with Crippen molar-refractivity contribution in [1.82, 2.24) is 4.90 Å². The molecule has 0 bridgehead atoms. The molecule has 2 amide bonds. The Morgan fingerprint density at radius 2 is 2.04 bits per heavy atom. The van der Waals surface area contributed by atoms with Gasteiger partial charge in [-0.1, -0.05) is 6.07 Å². The summed E-state index contributed by atoms with van der Waals surface area (Å²) in [6.45, 7) is 1.37. The van der Waals surface area contributed by atoms with Gasteiger partial charge in [-0.2, -0.15) is 11.8 Å². The zero-order valence-electron chi connectivity index (χ0n) is 13.0. The number of amides is 2. The van der Waals surface area contributed by atoms with E-state index in [1.807, 2.05) is 16.7 Å². The molecule has 6 nitrogen and oxygen atoms in total. The van der Waals surface area contributed by atoms with Gasteiger partial charge >= 0.3 is 0 Å². The second-order valence-electron chi connectivity index (χ2n) is 4.94. The van der Waals surface area contributed by atoms with Crippen molar-refractivity contribution < 1.29 is 19.1 Å². The van der Waals surface area contributed by atoms with Crippen LogP contribution >= 0.6 is 11.8 Å². The van der Waals surface area contributed by atoms with Gasteiger partial charge in [0, 0.05) is 30.7 Å². The predicted molar refractivity (Wildman–Crippen MR) is 90.6 cm³/mol. The average molecular weight is 336 g/mol. The third kappa shape index (κ3) is 5.21. The summed E-state index contributed by atoms with van der Waals surface area (Å²) in [5.74, 6) is 2.34. The van der Waals surface area contributed by atoms with Crippen LogP contribution in [-0.2, 0) is 9.59 Å². The first kappa shape index (κ1) is 17.2. The first-order chi connectivity index (χ1) is 11.1. The highest BCUT2D eigenvalue weighted by molar-refractivity contribution is 7.99. The van der Waals surface area contributed by atoms with E-state index in [2.05, 4.69) is 0 Å². The highest BCUT2D eigenvalue weighted by atomic mass is 32.2. The Hall–Kier alpha value is -2.15. The maximum Gasteiger partial charge on any atom is 0.255 e. The SMILES string of the molecule is COc1cc(C=CC(=O)N2CCSCC2)ccc1OCC(N)=O. The van der Waals surface area contributed by atoms with Crippen molar-refractivity contribution in [3.63, 3.8) is 0 Å². The smallest absolute Gasteiger partial charge is 0.255 e. The molecule has 0 atom stereocenters. The molecule has 2 N–H and O–H groups in total. The van der Waals surface area contributed by atoms with Gasteiger partial charge in [0.1, 0.15) is 0 Å². The summed E-state index contributed by atoms with van der Waals surface area (Å²) in [6.07, 6.45) is 3.30. The molecule has 0 unspecified atom stereocenters. The second kappa shape index (κ2) is 8.47. The first-order valence-corrected chi connectivity index (χ1v) is 8.39. The van der Waals surface area contributed by atoms with Gasteiger partial charge in [0.05, 0.1) is 7.11 Å². The molecule has 1 saturated heterocycles. The van der Waals surface area contributed by atoms with E-state index in [4.69, 9.17) is 15.2 Å². The number of hydrogen-bond donors (Lipinski definition) is 1. The lowest BCUT2D eigenvalue weighted by Crippen LogP contribution is -2.36. The number of benzene rings is 1. The van der Waals surface area contributed by atoms with Crippen LogP contribution in [0.25, 0.3) is 6.08 Å². The summed E-state index contributed by atoms with van der Waals surface area (Å²) in [6, 6.07) is 5.21. The van der Waals surface area contributed by atoms with Crippen molar-refractivity contribution in [2.45, 2.75) is 0 Å². The molecule has 0 radical (unpaired) electrons. The van der Waals surface area contributed by atoms with Crippen LogP contribution in [0.4, 0.5) is 0 Å². The van der Waals surface area contributed by atoms with Gasteiger partial charge in [-0.3, -0.25) is 9.59 Å². The van der Waals surface area contributed by atoms with Crippen LogP contribution < -0.4 is 15.2 Å². The van der Waals surface area contributed by atoms with Gasteiger partial charge in [-0.25, -0.2) is 0 Å². The number of hydrogen-bond acceptors (Lipinski definition) is 5. The molecule has 0 aliphatic carbocycles. The van der Waals surface area contributed by atoms with Crippen LogP contribution in [0.15, 0.2) is 24.3 Å². The molecule has 1 heterocycles. The molecule has 1 fully saturated rings. The third-order valence-electron chi connectivity index (χ3n) is 3.30. The quantitative estimate of drug-likeness (QED) is 0.788. The van der Waals surface area contributed by atoms with E-state index in [0.717, 1.165) is 30.2 Å². The maximum atomic E-state index is 12.1. The molecular formula is C16H20N2O4S. The van der Waals surface area contributed by atoms with Gasteiger partial charge in [0.15, 0.2) is 18.1 Å². The summed E-state index contributed by atoms with van der Waals surface area (Å²) in [5.41, 5.74) is 5.87.